The number of carbonyl (C=O) groups excluding carboxylic acids is 2. The number of alkyl halides is 4. The molecular formula is C28H21Br2ClF4N2O2. The summed E-state index contributed by atoms with van der Waals surface area (Å²) in [5.74, 6) is -0.553. The zero-order valence-electron chi connectivity index (χ0n) is 19.9. The summed E-state index contributed by atoms with van der Waals surface area (Å²) in [5.41, 5.74) is 6.05. The van der Waals surface area contributed by atoms with Crippen molar-refractivity contribution in [3.05, 3.63) is 128 Å². The zero-order chi connectivity index (χ0) is 28.9. The van der Waals surface area contributed by atoms with Crippen LogP contribution in [0, 0.1) is 0 Å². The van der Waals surface area contributed by atoms with Crippen molar-refractivity contribution in [2.24, 2.45) is 0 Å². The molecule has 39 heavy (non-hydrogen) atoms. The molecule has 0 unspecified atom stereocenters. The number of halogens is 7. The van der Waals surface area contributed by atoms with Crippen LogP contribution in [0.3, 0.4) is 0 Å². The number of nitrogen functional groups attached to an aromatic ring is 1. The summed E-state index contributed by atoms with van der Waals surface area (Å²) >= 11 is 11.6. The van der Waals surface area contributed by atoms with Crippen molar-refractivity contribution in [3.63, 3.8) is 0 Å². The van der Waals surface area contributed by atoms with Gasteiger partial charge >= 0.3 is 0 Å². The molecule has 4 nitrogen and oxygen atoms in total. The fourth-order valence-corrected chi connectivity index (χ4v) is 3.83. The molecule has 0 aromatic heterocycles. The Morgan fingerprint density at radius 2 is 1.10 bits per heavy atom. The largest absolute Gasteiger partial charge is 0.398 e. The fraction of sp³-hybridized carbons (Fsp3) is 0.0714. The number of hydrogen-bond donors (Lipinski definition) is 2. The van der Waals surface area contributed by atoms with E-state index in [-0.39, 0.29) is 22.3 Å². The molecule has 204 valence electrons. The number of nitrogens with two attached hydrogens (primary N) is 1. The number of hydrogen-bond acceptors (Lipinski definition) is 3. The van der Waals surface area contributed by atoms with Gasteiger partial charge in [-0.1, -0.05) is 60.7 Å². The molecule has 0 saturated heterocycles. The van der Waals surface area contributed by atoms with Crippen molar-refractivity contribution in [2.45, 2.75) is 12.9 Å². The lowest BCUT2D eigenvalue weighted by Crippen LogP contribution is -2.14. The van der Waals surface area contributed by atoms with Crippen molar-refractivity contribution in [3.8, 4) is 0 Å². The number of rotatable bonds is 5. The zero-order valence-corrected chi connectivity index (χ0v) is 23.9. The minimum atomic E-state index is -2.68. The third-order valence-electron chi connectivity index (χ3n) is 4.88. The van der Waals surface area contributed by atoms with Crippen LogP contribution < -0.4 is 11.1 Å². The summed E-state index contributed by atoms with van der Waals surface area (Å²) in [5, 5.41) is 1.75. The first-order chi connectivity index (χ1) is 18.5. The predicted octanol–water partition coefficient (Wildman–Crippen LogP) is 9.67. The maximum Gasteiger partial charge on any atom is 0.264 e. The van der Waals surface area contributed by atoms with Crippen LogP contribution in [0.5, 0.6) is 0 Å². The minimum Gasteiger partial charge on any atom is -0.398 e. The maximum atomic E-state index is 12.8. The molecule has 0 aliphatic carbocycles. The smallest absolute Gasteiger partial charge is 0.264 e. The first-order valence-corrected chi connectivity index (χ1v) is 13.0. The molecule has 4 rings (SSSR count). The summed E-state index contributed by atoms with van der Waals surface area (Å²) in [6.45, 7) is 0. The number of anilines is 2. The van der Waals surface area contributed by atoms with Crippen LogP contribution in [0.2, 0.25) is 0 Å². The lowest BCUT2D eigenvalue weighted by Gasteiger charge is -2.10. The highest BCUT2D eigenvalue weighted by Crippen LogP contribution is 2.26. The van der Waals surface area contributed by atoms with E-state index in [0.29, 0.717) is 10.2 Å². The van der Waals surface area contributed by atoms with E-state index in [1.165, 1.54) is 42.5 Å². The van der Waals surface area contributed by atoms with Gasteiger partial charge in [-0.05, 0) is 79.9 Å². The summed E-state index contributed by atoms with van der Waals surface area (Å²) < 4.78 is 51.6. The van der Waals surface area contributed by atoms with Gasteiger partial charge in [0.25, 0.3) is 24.0 Å². The summed E-state index contributed by atoms with van der Waals surface area (Å²) in [7, 11) is 0. The molecule has 1 amide bonds. The molecular weight excluding hydrogens is 668 g/mol. The number of para-hydroxylation sites is 2. The summed E-state index contributed by atoms with van der Waals surface area (Å²) in [4.78, 5) is 22.6. The van der Waals surface area contributed by atoms with Gasteiger partial charge in [-0.25, -0.2) is 17.6 Å². The van der Waals surface area contributed by atoms with E-state index in [9.17, 15) is 27.2 Å². The van der Waals surface area contributed by atoms with Crippen LogP contribution in [0.1, 0.15) is 44.7 Å². The Kier molecular flexibility index (Phi) is 13.1. The van der Waals surface area contributed by atoms with Gasteiger partial charge in [0, 0.05) is 36.9 Å². The minimum absolute atomic E-state index is 0.0201. The van der Waals surface area contributed by atoms with Gasteiger partial charge in [0.15, 0.2) is 0 Å². The highest BCUT2D eigenvalue weighted by Gasteiger charge is 2.18. The highest BCUT2D eigenvalue weighted by molar-refractivity contribution is 9.11. The number of amides is 1. The average Bonchev–Trinajstić information content (AvgIpc) is 2.92. The van der Waals surface area contributed by atoms with Crippen LogP contribution in [-0.2, 0) is 0 Å². The van der Waals surface area contributed by atoms with Crippen molar-refractivity contribution < 1.29 is 27.2 Å². The highest BCUT2D eigenvalue weighted by atomic mass is 79.9. The Balaban J connectivity index is 0.000000227. The molecule has 0 aliphatic rings. The van der Waals surface area contributed by atoms with Crippen LogP contribution in [-0.4, -0.2) is 11.1 Å². The molecule has 0 bridgehead atoms. The van der Waals surface area contributed by atoms with E-state index in [1.54, 1.807) is 30.3 Å². The second-order valence-electron chi connectivity index (χ2n) is 7.51. The summed E-state index contributed by atoms with van der Waals surface area (Å²) in [6, 6.07) is 25.6. The number of carbonyl (C=O) groups is 2. The molecule has 11 heteroatoms. The monoisotopic (exact) mass is 686 g/mol. The average molecular weight is 689 g/mol. The van der Waals surface area contributed by atoms with Gasteiger partial charge < -0.3 is 11.1 Å². The normalized spacial score (nSPS) is 10.2. The predicted molar refractivity (Wildman–Crippen MR) is 154 cm³/mol. The Hall–Kier alpha value is -3.21. The molecule has 0 spiro atoms. The molecule has 0 fully saturated rings. The Labute approximate surface area is 244 Å². The van der Waals surface area contributed by atoms with Crippen LogP contribution in [0.25, 0.3) is 0 Å². The third kappa shape index (κ3) is 10.1. The first-order valence-electron chi connectivity index (χ1n) is 11.0. The molecule has 0 heterocycles. The fourth-order valence-electron chi connectivity index (χ4n) is 2.99. The maximum absolute atomic E-state index is 12.8. The van der Waals surface area contributed by atoms with Gasteiger partial charge in [-0.2, -0.15) is 0 Å². The topological polar surface area (TPSA) is 72.2 Å². The Morgan fingerprint density at radius 1 is 0.667 bits per heavy atom. The van der Waals surface area contributed by atoms with Crippen LogP contribution in [0.4, 0.5) is 28.9 Å². The van der Waals surface area contributed by atoms with Crippen molar-refractivity contribution in [1.82, 2.24) is 0 Å². The van der Waals surface area contributed by atoms with Gasteiger partial charge in [-0.15, -0.1) is 0 Å². The second-order valence-corrected chi connectivity index (χ2v) is 9.56. The first kappa shape index (κ1) is 32.0. The molecule has 0 radical (unpaired) electrons. The lowest BCUT2D eigenvalue weighted by molar-refractivity contribution is 0.101. The van der Waals surface area contributed by atoms with E-state index >= 15 is 0 Å². The molecule has 0 aliphatic heterocycles. The Morgan fingerprint density at radius 3 is 1.54 bits per heavy atom. The molecule has 3 N–H and O–H groups in total. The van der Waals surface area contributed by atoms with Crippen molar-refractivity contribution >= 4 is 66.0 Å². The van der Waals surface area contributed by atoms with Crippen molar-refractivity contribution in [1.29, 1.82) is 0 Å². The quantitative estimate of drug-likeness (QED) is 0.125. The number of benzene rings is 4. The van der Waals surface area contributed by atoms with Gasteiger partial charge in [-0.3, -0.25) is 9.59 Å². The van der Waals surface area contributed by atoms with Gasteiger partial charge in [0.1, 0.15) is 0 Å². The van der Waals surface area contributed by atoms with Gasteiger partial charge in [0.2, 0.25) is 0 Å². The standard InChI is InChI=1S/C14H10BrF2NO.C8H5ClF2O.C6H6BrN/c15-11-7-3-4-8-12(11)18-14(19)10-6-2-1-5-9(10)13(16)17;9-7(12)5-3-1-2-4-6(5)8(10)11;7-5-3-1-2-4-6(5)8/h1-8,13H,(H,18,19);1-4,8H;1-4H,8H2. The second kappa shape index (κ2) is 16.0. The van der Waals surface area contributed by atoms with Crippen LogP contribution in [0.15, 0.2) is 106 Å². The van der Waals surface area contributed by atoms with Crippen LogP contribution >= 0.6 is 43.5 Å². The Bertz CT molecular complexity index is 1390. The van der Waals surface area contributed by atoms with E-state index in [1.807, 2.05) is 24.3 Å². The number of nitrogens with one attached hydrogen (secondary N) is 1. The van der Waals surface area contributed by atoms with Gasteiger partial charge in [0.05, 0.1) is 5.69 Å². The lowest BCUT2D eigenvalue weighted by atomic mass is 10.1. The molecule has 4 aromatic rings. The third-order valence-corrected chi connectivity index (χ3v) is 6.49. The van der Waals surface area contributed by atoms with E-state index in [0.717, 1.165) is 10.2 Å². The SMILES string of the molecule is Nc1ccccc1Br.O=C(Cl)c1ccccc1C(F)F.O=C(Nc1ccccc1Br)c1ccccc1C(F)F. The van der Waals surface area contributed by atoms with Crippen molar-refractivity contribution in [2.75, 3.05) is 11.1 Å². The summed E-state index contributed by atoms with van der Waals surface area (Å²) in [6.07, 6.45) is -5.34. The van der Waals surface area contributed by atoms with E-state index in [4.69, 9.17) is 17.3 Å². The van der Waals surface area contributed by atoms with E-state index in [2.05, 4.69) is 37.2 Å². The molecule has 0 saturated carbocycles. The molecule has 4 aromatic carbocycles. The molecule has 0 atom stereocenters. The van der Waals surface area contributed by atoms with E-state index < -0.39 is 24.0 Å².